The Morgan fingerprint density at radius 2 is 1.93 bits per heavy atom. The Labute approximate surface area is 176 Å². The van der Waals surface area contributed by atoms with Gasteiger partial charge in [0.15, 0.2) is 0 Å². The molecule has 4 amide bonds. The highest BCUT2D eigenvalue weighted by Crippen LogP contribution is 2.35. The van der Waals surface area contributed by atoms with Gasteiger partial charge in [-0.05, 0) is 50.2 Å². The molecule has 2 aliphatic heterocycles. The summed E-state index contributed by atoms with van der Waals surface area (Å²) in [6.07, 6.45) is 6.99. The first-order chi connectivity index (χ1) is 14.0. The molecule has 1 aliphatic carbocycles. The second kappa shape index (κ2) is 8.34. The van der Waals surface area contributed by atoms with E-state index in [0.29, 0.717) is 19.4 Å². The molecule has 1 unspecified atom stereocenters. The van der Waals surface area contributed by atoms with Crippen LogP contribution < -0.4 is 5.32 Å². The molecule has 29 heavy (non-hydrogen) atoms. The summed E-state index contributed by atoms with van der Waals surface area (Å²) in [4.78, 5) is 41.0. The van der Waals surface area contributed by atoms with Gasteiger partial charge in [0.1, 0.15) is 5.54 Å². The van der Waals surface area contributed by atoms with Crippen LogP contribution in [0.15, 0.2) is 24.3 Å². The molecular weight excluding hydrogens is 390 g/mol. The van der Waals surface area contributed by atoms with Crippen LogP contribution in [-0.4, -0.2) is 52.3 Å². The van der Waals surface area contributed by atoms with Gasteiger partial charge in [-0.25, -0.2) is 4.79 Å². The van der Waals surface area contributed by atoms with Crippen LogP contribution in [-0.2, 0) is 16.0 Å². The van der Waals surface area contributed by atoms with E-state index in [0.717, 1.165) is 62.1 Å². The molecule has 7 heteroatoms. The molecule has 1 spiro atoms. The fraction of sp³-hybridized carbons (Fsp3) is 0.591. The van der Waals surface area contributed by atoms with Crippen molar-refractivity contribution in [2.24, 2.45) is 0 Å². The van der Waals surface area contributed by atoms with Crippen LogP contribution in [0.1, 0.15) is 56.9 Å². The van der Waals surface area contributed by atoms with Gasteiger partial charge < -0.3 is 10.2 Å². The normalized spacial score (nSPS) is 23.3. The summed E-state index contributed by atoms with van der Waals surface area (Å²) in [5, 5.41) is 3.63. The summed E-state index contributed by atoms with van der Waals surface area (Å²) < 4.78 is 0. The summed E-state index contributed by atoms with van der Waals surface area (Å²) in [5.74, 6) is -0.00703. The number of likely N-dealkylation sites (tertiary alicyclic amines) is 1. The molecular formula is C22H28ClN3O3. The summed E-state index contributed by atoms with van der Waals surface area (Å²) in [7, 11) is 0. The summed E-state index contributed by atoms with van der Waals surface area (Å²) in [5.41, 5.74) is 0.399. The van der Waals surface area contributed by atoms with Gasteiger partial charge in [0.2, 0.25) is 5.91 Å². The molecule has 0 aromatic heterocycles. The molecule has 1 aromatic rings. The molecule has 1 saturated carbocycles. The second-order valence-corrected chi connectivity index (χ2v) is 8.87. The highest BCUT2D eigenvalue weighted by molar-refractivity contribution is 6.31. The smallest absolute Gasteiger partial charge is 0.325 e. The third-order valence-electron chi connectivity index (χ3n) is 6.59. The Hall–Kier alpha value is -2.08. The van der Waals surface area contributed by atoms with Crippen LogP contribution in [0.2, 0.25) is 5.02 Å². The number of carbonyl (C=O) groups excluding carboxylic acids is 3. The molecule has 0 radical (unpaired) electrons. The Kier molecular flexibility index (Phi) is 5.81. The Morgan fingerprint density at radius 3 is 2.69 bits per heavy atom. The minimum Gasteiger partial charge on any atom is -0.339 e. The average molecular weight is 418 g/mol. The first-order valence-corrected chi connectivity index (χ1v) is 11.0. The van der Waals surface area contributed by atoms with E-state index < -0.39 is 5.54 Å². The van der Waals surface area contributed by atoms with Crippen LogP contribution in [0.3, 0.4) is 0 Å². The molecule has 1 N–H and O–H groups in total. The van der Waals surface area contributed by atoms with Crippen molar-refractivity contribution < 1.29 is 14.4 Å². The minimum atomic E-state index is -0.671. The van der Waals surface area contributed by atoms with Gasteiger partial charge >= 0.3 is 6.03 Å². The Morgan fingerprint density at radius 1 is 1.17 bits per heavy atom. The lowest BCUT2D eigenvalue weighted by Crippen LogP contribution is -2.44. The minimum absolute atomic E-state index is 0.0992. The number of imide groups is 1. The first-order valence-electron chi connectivity index (χ1n) is 10.7. The summed E-state index contributed by atoms with van der Waals surface area (Å²) >= 11 is 6.29. The fourth-order valence-electron chi connectivity index (χ4n) is 5.02. The van der Waals surface area contributed by atoms with E-state index in [2.05, 4.69) is 5.32 Å². The van der Waals surface area contributed by atoms with Gasteiger partial charge in [0.05, 0.1) is 0 Å². The van der Waals surface area contributed by atoms with Crippen LogP contribution in [0.25, 0.3) is 0 Å². The molecule has 2 saturated heterocycles. The van der Waals surface area contributed by atoms with Crippen molar-refractivity contribution >= 4 is 29.4 Å². The van der Waals surface area contributed by atoms with Gasteiger partial charge in [0, 0.05) is 30.6 Å². The molecule has 2 heterocycles. The lowest BCUT2D eigenvalue weighted by molar-refractivity contribution is -0.134. The zero-order chi connectivity index (χ0) is 20.4. The molecule has 156 valence electrons. The summed E-state index contributed by atoms with van der Waals surface area (Å²) in [6.45, 7) is 1.07. The molecule has 6 nitrogen and oxygen atoms in total. The van der Waals surface area contributed by atoms with Gasteiger partial charge in [-0.15, -0.1) is 0 Å². The topological polar surface area (TPSA) is 69.7 Å². The maximum absolute atomic E-state index is 12.8. The number of hydrogen-bond donors (Lipinski definition) is 1. The molecule has 3 fully saturated rings. The van der Waals surface area contributed by atoms with E-state index in [-0.39, 0.29) is 23.9 Å². The van der Waals surface area contributed by atoms with E-state index in [9.17, 15) is 14.4 Å². The van der Waals surface area contributed by atoms with Crippen LogP contribution in [0, 0.1) is 0 Å². The highest BCUT2D eigenvalue weighted by Gasteiger charge is 2.52. The zero-order valence-corrected chi connectivity index (χ0v) is 17.4. The van der Waals surface area contributed by atoms with Gasteiger partial charge in [-0.3, -0.25) is 14.5 Å². The quantitative estimate of drug-likeness (QED) is 0.720. The van der Waals surface area contributed by atoms with Crippen molar-refractivity contribution in [3.8, 4) is 0 Å². The predicted molar refractivity (Wildman–Crippen MR) is 111 cm³/mol. The van der Waals surface area contributed by atoms with E-state index in [1.165, 1.54) is 4.90 Å². The van der Waals surface area contributed by atoms with Crippen LogP contribution in [0.5, 0.6) is 0 Å². The number of amides is 4. The van der Waals surface area contributed by atoms with Crippen molar-refractivity contribution in [1.82, 2.24) is 15.1 Å². The number of nitrogens with zero attached hydrogens (tertiary/aromatic N) is 2. The van der Waals surface area contributed by atoms with Crippen LogP contribution >= 0.6 is 11.6 Å². The van der Waals surface area contributed by atoms with Crippen molar-refractivity contribution in [3.63, 3.8) is 0 Å². The number of halogens is 1. The largest absolute Gasteiger partial charge is 0.339 e. The standard InChI is InChI=1S/C22H28ClN3O3/c23-18-9-2-1-7-16(18)15-17-8-5-13-25(17)19(27)10-6-14-26-20(28)22(24-21(26)29)11-3-4-12-22/h1-2,7,9,17H,3-6,8,10-15H2,(H,24,29). The number of rotatable bonds is 6. The molecule has 1 atom stereocenters. The Balaban J connectivity index is 1.30. The van der Waals surface area contributed by atoms with E-state index in [1.54, 1.807) is 0 Å². The summed E-state index contributed by atoms with van der Waals surface area (Å²) in [6, 6.07) is 7.64. The fourth-order valence-corrected chi connectivity index (χ4v) is 5.24. The molecule has 0 bridgehead atoms. The van der Waals surface area contributed by atoms with E-state index in [4.69, 9.17) is 11.6 Å². The maximum Gasteiger partial charge on any atom is 0.325 e. The third-order valence-corrected chi connectivity index (χ3v) is 6.95. The highest BCUT2D eigenvalue weighted by atomic mass is 35.5. The average Bonchev–Trinajstić information content (AvgIpc) is 3.41. The maximum atomic E-state index is 12.8. The predicted octanol–water partition coefficient (Wildman–Crippen LogP) is 3.52. The number of nitrogens with one attached hydrogen (secondary N) is 1. The van der Waals surface area contributed by atoms with Crippen molar-refractivity contribution in [2.45, 2.75) is 69.4 Å². The van der Waals surface area contributed by atoms with E-state index >= 15 is 0 Å². The number of benzene rings is 1. The molecule has 4 rings (SSSR count). The number of urea groups is 1. The first kappa shape index (κ1) is 20.2. The lowest BCUT2D eigenvalue weighted by Gasteiger charge is -2.25. The van der Waals surface area contributed by atoms with Crippen molar-refractivity contribution in [1.29, 1.82) is 0 Å². The van der Waals surface area contributed by atoms with Gasteiger partial charge in [-0.1, -0.05) is 42.6 Å². The van der Waals surface area contributed by atoms with Crippen molar-refractivity contribution in [2.75, 3.05) is 13.1 Å². The van der Waals surface area contributed by atoms with E-state index in [1.807, 2.05) is 29.2 Å². The SMILES string of the molecule is O=C1NC2(CCCC2)C(=O)N1CCCC(=O)N1CCCC1Cc1ccccc1Cl. The number of carbonyl (C=O) groups is 3. The second-order valence-electron chi connectivity index (χ2n) is 8.46. The lowest BCUT2D eigenvalue weighted by atomic mass is 9.98. The van der Waals surface area contributed by atoms with Gasteiger partial charge in [0.25, 0.3) is 5.91 Å². The molecule has 1 aromatic carbocycles. The third kappa shape index (κ3) is 4.00. The van der Waals surface area contributed by atoms with Crippen molar-refractivity contribution in [3.05, 3.63) is 34.9 Å². The Bertz CT molecular complexity index is 806. The number of hydrogen-bond acceptors (Lipinski definition) is 3. The van der Waals surface area contributed by atoms with Gasteiger partial charge in [-0.2, -0.15) is 0 Å². The monoisotopic (exact) mass is 417 g/mol. The molecule has 3 aliphatic rings. The van der Waals surface area contributed by atoms with Crippen LogP contribution in [0.4, 0.5) is 4.79 Å². The zero-order valence-electron chi connectivity index (χ0n) is 16.7.